The molecule has 1 heterocycles. The number of hydrogen-bond donors (Lipinski definition) is 2. The van der Waals surface area contributed by atoms with E-state index < -0.39 is 12.2 Å². The monoisotopic (exact) mass is 354 g/mol. The summed E-state index contributed by atoms with van der Waals surface area (Å²) in [5, 5.41) is 5.17. The Labute approximate surface area is 147 Å². The van der Waals surface area contributed by atoms with Crippen molar-refractivity contribution < 1.29 is 19.1 Å². The largest absolute Gasteiger partial charge is 0.449 e. The molecule has 0 aromatic carbocycles. The highest BCUT2D eigenvalue weighted by molar-refractivity contribution is 5.86. The Morgan fingerprint density at radius 1 is 1.00 bits per heavy atom. The lowest BCUT2D eigenvalue weighted by Crippen LogP contribution is -2.30. The summed E-state index contributed by atoms with van der Waals surface area (Å²) in [6.45, 7) is 4.62. The average molecular weight is 354 g/mol. The molecule has 25 heavy (non-hydrogen) atoms. The van der Waals surface area contributed by atoms with Crippen molar-refractivity contribution >= 4 is 30.0 Å². The van der Waals surface area contributed by atoms with Gasteiger partial charge in [0, 0.05) is 14.1 Å². The van der Waals surface area contributed by atoms with Crippen LogP contribution in [0.5, 0.6) is 0 Å². The number of carbonyl (C=O) groups excluding carboxylic acids is 2. The Morgan fingerprint density at radius 2 is 1.60 bits per heavy atom. The van der Waals surface area contributed by atoms with E-state index >= 15 is 0 Å². The highest BCUT2D eigenvalue weighted by atomic mass is 16.6. The zero-order chi connectivity index (χ0) is 18.7. The minimum absolute atomic E-state index is 0.0240. The number of rotatable bonds is 9. The molecule has 0 aliphatic heterocycles. The van der Waals surface area contributed by atoms with Crippen molar-refractivity contribution in [2.24, 2.45) is 0 Å². The predicted molar refractivity (Wildman–Crippen MR) is 93.9 cm³/mol. The van der Waals surface area contributed by atoms with Crippen molar-refractivity contribution in [3.63, 3.8) is 0 Å². The number of carbonyl (C=O) groups is 2. The fraction of sp³-hybridized carbons (Fsp3) is 0.667. The second kappa shape index (κ2) is 11.0. The smallest absolute Gasteiger partial charge is 0.416 e. The van der Waals surface area contributed by atoms with Gasteiger partial charge in [0.25, 0.3) is 0 Å². The van der Waals surface area contributed by atoms with Crippen molar-refractivity contribution in [3.05, 3.63) is 0 Å². The van der Waals surface area contributed by atoms with Gasteiger partial charge in [-0.15, -0.1) is 0 Å². The maximum Gasteiger partial charge on any atom is 0.416 e. The fourth-order valence-corrected chi connectivity index (χ4v) is 1.60. The van der Waals surface area contributed by atoms with E-state index in [-0.39, 0.29) is 17.8 Å². The molecular weight excluding hydrogens is 328 g/mol. The molecule has 1 rings (SSSR count). The Kier molecular flexibility index (Phi) is 8.97. The first-order valence-electron chi connectivity index (χ1n) is 8.29. The van der Waals surface area contributed by atoms with Crippen LogP contribution in [0.2, 0.25) is 0 Å². The molecule has 140 valence electrons. The molecule has 0 radical (unpaired) electrons. The number of unbranched alkanes of at least 4 members (excludes halogenated alkanes) is 2. The average Bonchev–Trinajstić information content (AvgIpc) is 2.61. The molecule has 0 atom stereocenters. The molecule has 2 amide bonds. The minimum Gasteiger partial charge on any atom is -0.449 e. The van der Waals surface area contributed by atoms with Crippen LogP contribution in [0.1, 0.15) is 39.5 Å². The van der Waals surface area contributed by atoms with E-state index in [0.717, 1.165) is 30.6 Å². The number of amides is 2. The normalized spacial score (nSPS) is 10.1. The molecule has 0 unspecified atom stereocenters. The molecule has 10 nitrogen and oxygen atoms in total. The summed E-state index contributed by atoms with van der Waals surface area (Å²) in [6.07, 6.45) is 2.12. The van der Waals surface area contributed by atoms with Crippen molar-refractivity contribution in [1.82, 2.24) is 15.0 Å². The Morgan fingerprint density at radius 3 is 2.20 bits per heavy atom. The number of anilines is 3. The molecule has 0 saturated heterocycles. The van der Waals surface area contributed by atoms with E-state index in [4.69, 9.17) is 9.47 Å². The minimum atomic E-state index is -0.666. The summed E-state index contributed by atoms with van der Waals surface area (Å²) in [7, 11) is 3.09. The van der Waals surface area contributed by atoms with Gasteiger partial charge in [0.2, 0.25) is 17.8 Å². The van der Waals surface area contributed by atoms with E-state index in [9.17, 15) is 9.59 Å². The third-order valence-electron chi connectivity index (χ3n) is 3.09. The number of aromatic nitrogens is 3. The van der Waals surface area contributed by atoms with Gasteiger partial charge in [0.1, 0.15) is 0 Å². The van der Waals surface area contributed by atoms with Crippen LogP contribution in [-0.4, -0.2) is 54.4 Å². The van der Waals surface area contributed by atoms with Gasteiger partial charge < -0.3 is 14.8 Å². The van der Waals surface area contributed by atoms with Gasteiger partial charge in [0.15, 0.2) is 0 Å². The van der Waals surface area contributed by atoms with Gasteiger partial charge in [0.05, 0.1) is 13.2 Å². The number of nitrogens with zero attached hydrogens (tertiary/aromatic N) is 4. The van der Waals surface area contributed by atoms with Gasteiger partial charge in [-0.3, -0.25) is 5.32 Å². The van der Waals surface area contributed by atoms with E-state index in [2.05, 4.69) is 25.6 Å². The van der Waals surface area contributed by atoms with Crippen LogP contribution >= 0.6 is 0 Å². The first kappa shape index (κ1) is 20.4. The van der Waals surface area contributed by atoms with Gasteiger partial charge in [-0.25, -0.2) is 14.5 Å². The maximum atomic E-state index is 12.0. The summed E-state index contributed by atoms with van der Waals surface area (Å²) < 4.78 is 10.1. The van der Waals surface area contributed by atoms with Crippen molar-refractivity contribution in [1.29, 1.82) is 0 Å². The van der Waals surface area contributed by atoms with Gasteiger partial charge in [-0.1, -0.05) is 26.7 Å². The maximum absolute atomic E-state index is 12.0. The van der Waals surface area contributed by atoms with Crippen LogP contribution in [0, 0.1) is 0 Å². The van der Waals surface area contributed by atoms with Crippen LogP contribution in [0.25, 0.3) is 0 Å². The topological polar surface area (TPSA) is 119 Å². The van der Waals surface area contributed by atoms with Gasteiger partial charge in [-0.05, 0) is 12.8 Å². The number of ether oxygens (including phenoxy) is 2. The molecule has 1 aromatic heterocycles. The highest BCUT2D eigenvalue weighted by Crippen LogP contribution is 2.13. The highest BCUT2D eigenvalue weighted by Gasteiger charge is 2.18. The lowest BCUT2D eigenvalue weighted by molar-refractivity contribution is 0.153. The number of hydrogen-bond acceptors (Lipinski definition) is 8. The Balaban J connectivity index is 2.79. The van der Waals surface area contributed by atoms with Crippen molar-refractivity contribution in [2.75, 3.05) is 42.8 Å². The molecule has 0 fully saturated rings. The van der Waals surface area contributed by atoms with E-state index in [1.54, 1.807) is 7.05 Å². The van der Waals surface area contributed by atoms with Gasteiger partial charge >= 0.3 is 12.2 Å². The van der Waals surface area contributed by atoms with Crippen LogP contribution in [0.3, 0.4) is 0 Å². The molecular formula is C15H26N6O4. The molecule has 2 N–H and O–H groups in total. The third-order valence-corrected chi connectivity index (χ3v) is 3.09. The molecule has 0 saturated carbocycles. The zero-order valence-electron chi connectivity index (χ0n) is 15.2. The summed E-state index contributed by atoms with van der Waals surface area (Å²) in [4.78, 5) is 37.0. The van der Waals surface area contributed by atoms with Crippen LogP contribution in [0.15, 0.2) is 0 Å². The zero-order valence-corrected chi connectivity index (χ0v) is 15.2. The van der Waals surface area contributed by atoms with Crippen molar-refractivity contribution in [3.8, 4) is 0 Å². The summed E-state index contributed by atoms with van der Waals surface area (Å²) in [5.41, 5.74) is 0. The summed E-state index contributed by atoms with van der Waals surface area (Å²) in [6, 6.07) is 0. The van der Waals surface area contributed by atoms with Crippen LogP contribution < -0.4 is 15.5 Å². The van der Waals surface area contributed by atoms with E-state index in [1.807, 2.05) is 13.8 Å². The first-order chi connectivity index (χ1) is 12.0. The molecule has 0 aliphatic rings. The third kappa shape index (κ3) is 7.19. The van der Waals surface area contributed by atoms with E-state index in [0.29, 0.717) is 13.2 Å². The fourth-order valence-electron chi connectivity index (χ4n) is 1.60. The van der Waals surface area contributed by atoms with Gasteiger partial charge in [-0.2, -0.15) is 15.0 Å². The molecule has 0 aliphatic carbocycles. The molecule has 0 bridgehead atoms. The predicted octanol–water partition coefficient (Wildman–Crippen LogP) is 2.63. The molecule has 0 spiro atoms. The summed E-state index contributed by atoms with van der Waals surface area (Å²) in [5.74, 6) is 0.218. The Hall–Kier alpha value is -2.65. The van der Waals surface area contributed by atoms with Crippen molar-refractivity contribution in [2.45, 2.75) is 39.5 Å². The lowest BCUT2D eigenvalue weighted by Gasteiger charge is -2.16. The summed E-state index contributed by atoms with van der Waals surface area (Å²) >= 11 is 0. The number of nitrogens with one attached hydrogen (secondary N) is 2. The standard InChI is InChI=1S/C15H26N6O4/c1-5-7-9-24-14(22)20-12-17-11(16-3)18-13(19-12)21(4)15(23)25-10-8-6-2/h5-10H2,1-4H3,(H2,16,17,18,19,20,22). The molecule has 1 aromatic rings. The quantitative estimate of drug-likeness (QED) is 0.650. The van der Waals surface area contributed by atoms with Crippen LogP contribution in [0.4, 0.5) is 27.4 Å². The van der Waals surface area contributed by atoms with Crippen LogP contribution in [-0.2, 0) is 9.47 Å². The SMILES string of the molecule is CCCCOC(=O)Nc1nc(NC)nc(N(C)C(=O)OCCCC)n1. The lowest BCUT2D eigenvalue weighted by atomic mass is 10.4. The molecule has 10 heteroatoms. The Bertz CT molecular complexity index is 569. The second-order valence-corrected chi connectivity index (χ2v) is 5.17. The first-order valence-corrected chi connectivity index (χ1v) is 8.29. The van der Waals surface area contributed by atoms with E-state index in [1.165, 1.54) is 7.05 Å². The second-order valence-electron chi connectivity index (χ2n) is 5.17.